The van der Waals surface area contributed by atoms with Gasteiger partial charge in [-0.25, -0.2) is 9.97 Å². The Balaban J connectivity index is 2.46. The normalized spacial score (nSPS) is 12.2. The number of anilines is 1. The molecule has 1 amide bonds. The Morgan fingerprint density at radius 3 is 2.65 bits per heavy atom. The van der Waals surface area contributed by atoms with E-state index in [4.69, 9.17) is 0 Å². The van der Waals surface area contributed by atoms with Gasteiger partial charge in [-0.1, -0.05) is 6.92 Å². The maximum absolute atomic E-state index is 12.0. The van der Waals surface area contributed by atoms with Crippen molar-refractivity contribution in [1.82, 2.24) is 20.2 Å². The summed E-state index contributed by atoms with van der Waals surface area (Å²) in [6.45, 7) is 5.86. The van der Waals surface area contributed by atoms with Crippen molar-refractivity contribution >= 4 is 11.7 Å². The average Bonchev–Trinajstić information content (AvgIpc) is 2.43. The highest BCUT2D eigenvalue weighted by Gasteiger charge is 2.11. The Bertz CT molecular complexity index is 405. The Hall–Kier alpha value is -1.69. The number of aromatic nitrogens is 2. The fraction of sp³-hybridized carbons (Fsp3) is 0.643. The SMILES string of the molecule is CCCNc1cnc(C(=O)NC(C)CCN(C)C)cn1. The number of carbonyl (C=O) groups is 1. The van der Waals surface area contributed by atoms with Crippen LogP contribution in [0, 0.1) is 0 Å². The topological polar surface area (TPSA) is 70.2 Å². The molecule has 0 spiro atoms. The van der Waals surface area contributed by atoms with Crippen LogP contribution in [0.5, 0.6) is 0 Å². The van der Waals surface area contributed by atoms with Gasteiger partial charge in [0, 0.05) is 12.6 Å². The molecule has 0 aromatic carbocycles. The second-order valence-corrected chi connectivity index (χ2v) is 5.18. The molecule has 1 unspecified atom stereocenters. The van der Waals surface area contributed by atoms with Crippen molar-refractivity contribution in [2.45, 2.75) is 32.7 Å². The zero-order chi connectivity index (χ0) is 15.0. The lowest BCUT2D eigenvalue weighted by Crippen LogP contribution is -2.35. The van der Waals surface area contributed by atoms with Crippen LogP contribution in [0.1, 0.15) is 37.2 Å². The molecule has 1 rings (SSSR count). The van der Waals surface area contributed by atoms with E-state index in [0.29, 0.717) is 11.5 Å². The maximum Gasteiger partial charge on any atom is 0.271 e. The Morgan fingerprint density at radius 1 is 1.35 bits per heavy atom. The molecule has 0 fully saturated rings. The molecule has 0 radical (unpaired) electrons. The van der Waals surface area contributed by atoms with Crippen LogP contribution in [0.4, 0.5) is 5.82 Å². The minimum Gasteiger partial charge on any atom is -0.369 e. The zero-order valence-corrected chi connectivity index (χ0v) is 12.8. The first-order valence-corrected chi connectivity index (χ1v) is 7.04. The van der Waals surface area contributed by atoms with Crippen LogP contribution in [0.3, 0.4) is 0 Å². The molecule has 0 aliphatic carbocycles. The third-order valence-electron chi connectivity index (χ3n) is 2.83. The molecule has 1 atom stereocenters. The second kappa shape index (κ2) is 8.47. The number of hydrogen-bond donors (Lipinski definition) is 2. The van der Waals surface area contributed by atoms with E-state index in [1.165, 1.54) is 6.20 Å². The predicted octanol–water partition coefficient (Wildman–Crippen LogP) is 1.37. The van der Waals surface area contributed by atoms with Gasteiger partial charge in [0.2, 0.25) is 0 Å². The minimum absolute atomic E-state index is 0.115. The molecule has 0 aliphatic heterocycles. The molecule has 1 aromatic heterocycles. The molecule has 112 valence electrons. The molecule has 1 aromatic rings. The van der Waals surface area contributed by atoms with Crippen molar-refractivity contribution in [3.8, 4) is 0 Å². The number of hydrogen-bond acceptors (Lipinski definition) is 5. The summed E-state index contributed by atoms with van der Waals surface area (Å²) in [6, 6.07) is 0.115. The van der Waals surface area contributed by atoms with Crippen molar-refractivity contribution in [2.75, 3.05) is 32.5 Å². The molecule has 0 bridgehead atoms. The molecule has 1 heterocycles. The van der Waals surface area contributed by atoms with Gasteiger partial charge in [0.25, 0.3) is 5.91 Å². The highest BCUT2D eigenvalue weighted by molar-refractivity contribution is 5.92. The Labute approximate surface area is 121 Å². The predicted molar refractivity (Wildman–Crippen MR) is 80.9 cm³/mol. The summed E-state index contributed by atoms with van der Waals surface area (Å²) >= 11 is 0. The van der Waals surface area contributed by atoms with E-state index in [1.54, 1.807) is 6.20 Å². The number of nitrogens with zero attached hydrogens (tertiary/aromatic N) is 3. The Kier molecular flexibility index (Phi) is 6.93. The highest BCUT2D eigenvalue weighted by atomic mass is 16.1. The summed E-state index contributed by atoms with van der Waals surface area (Å²) in [7, 11) is 4.03. The van der Waals surface area contributed by atoms with Gasteiger partial charge >= 0.3 is 0 Å². The first-order chi connectivity index (χ1) is 9.52. The number of nitrogens with one attached hydrogen (secondary N) is 2. The van der Waals surface area contributed by atoms with Crippen LogP contribution in [0.25, 0.3) is 0 Å². The van der Waals surface area contributed by atoms with E-state index in [1.807, 2.05) is 21.0 Å². The fourth-order valence-electron chi connectivity index (χ4n) is 1.61. The third kappa shape index (κ3) is 5.97. The van der Waals surface area contributed by atoms with E-state index < -0.39 is 0 Å². The van der Waals surface area contributed by atoms with Crippen molar-refractivity contribution in [3.05, 3.63) is 18.1 Å². The highest BCUT2D eigenvalue weighted by Crippen LogP contribution is 2.02. The maximum atomic E-state index is 12.0. The van der Waals surface area contributed by atoms with Crippen molar-refractivity contribution in [1.29, 1.82) is 0 Å². The van der Waals surface area contributed by atoms with E-state index >= 15 is 0 Å². The summed E-state index contributed by atoms with van der Waals surface area (Å²) in [6.07, 6.45) is 5.02. The van der Waals surface area contributed by atoms with Gasteiger partial charge in [-0.2, -0.15) is 0 Å². The van der Waals surface area contributed by atoms with E-state index in [0.717, 1.165) is 25.9 Å². The van der Waals surface area contributed by atoms with Gasteiger partial charge in [-0.05, 0) is 40.4 Å². The third-order valence-corrected chi connectivity index (χ3v) is 2.83. The van der Waals surface area contributed by atoms with Gasteiger partial charge in [0.15, 0.2) is 0 Å². The van der Waals surface area contributed by atoms with Gasteiger partial charge in [-0.15, -0.1) is 0 Å². The monoisotopic (exact) mass is 279 g/mol. The van der Waals surface area contributed by atoms with E-state index in [2.05, 4.69) is 32.4 Å². The summed E-state index contributed by atoms with van der Waals surface area (Å²) in [4.78, 5) is 22.4. The lowest BCUT2D eigenvalue weighted by molar-refractivity contribution is 0.0931. The largest absolute Gasteiger partial charge is 0.369 e. The molecule has 0 aliphatic rings. The van der Waals surface area contributed by atoms with E-state index in [9.17, 15) is 4.79 Å². The summed E-state index contributed by atoms with van der Waals surface area (Å²) in [5.41, 5.74) is 0.351. The zero-order valence-electron chi connectivity index (χ0n) is 12.8. The standard InChI is InChI=1S/C14H25N5O/c1-5-7-15-13-10-16-12(9-17-13)14(20)18-11(2)6-8-19(3)4/h9-11H,5-8H2,1-4H3,(H,15,17)(H,18,20). The number of rotatable bonds is 8. The van der Waals surface area contributed by atoms with Crippen molar-refractivity contribution in [2.24, 2.45) is 0 Å². The molecule has 6 nitrogen and oxygen atoms in total. The average molecular weight is 279 g/mol. The smallest absolute Gasteiger partial charge is 0.271 e. The van der Waals surface area contributed by atoms with Crippen LogP contribution < -0.4 is 10.6 Å². The minimum atomic E-state index is -0.175. The van der Waals surface area contributed by atoms with Crippen LogP contribution in [0.2, 0.25) is 0 Å². The molecular weight excluding hydrogens is 254 g/mol. The first kappa shape index (κ1) is 16.4. The number of amides is 1. The molecule has 0 saturated carbocycles. The summed E-state index contributed by atoms with van der Waals surface area (Å²) in [5.74, 6) is 0.523. The van der Waals surface area contributed by atoms with E-state index in [-0.39, 0.29) is 11.9 Å². The quantitative estimate of drug-likeness (QED) is 0.752. The van der Waals surface area contributed by atoms with Crippen molar-refractivity contribution < 1.29 is 4.79 Å². The lowest BCUT2D eigenvalue weighted by atomic mass is 10.2. The van der Waals surface area contributed by atoms with Crippen molar-refractivity contribution in [3.63, 3.8) is 0 Å². The van der Waals surface area contributed by atoms with Gasteiger partial charge < -0.3 is 15.5 Å². The van der Waals surface area contributed by atoms with Gasteiger partial charge in [-0.3, -0.25) is 4.79 Å². The van der Waals surface area contributed by atoms with Crippen LogP contribution in [0.15, 0.2) is 12.4 Å². The first-order valence-electron chi connectivity index (χ1n) is 7.04. The lowest BCUT2D eigenvalue weighted by Gasteiger charge is -2.16. The van der Waals surface area contributed by atoms with Gasteiger partial charge in [0.05, 0.1) is 12.4 Å². The summed E-state index contributed by atoms with van der Waals surface area (Å²) < 4.78 is 0. The van der Waals surface area contributed by atoms with Gasteiger partial charge in [0.1, 0.15) is 11.5 Å². The van der Waals surface area contributed by atoms with Crippen LogP contribution in [-0.2, 0) is 0 Å². The van der Waals surface area contributed by atoms with Crippen LogP contribution in [-0.4, -0.2) is 54.0 Å². The summed E-state index contributed by atoms with van der Waals surface area (Å²) in [5, 5.41) is 6.05. The molecule has 0 saturated heterocycles. The van der Waals surface area contributed by atoms with Crippen LogP contribution >= 0.6 is 0 Å². The molecule has 2 N–H and O–H groups in total. The fourth-order valence-corrected chi connectivity index (χ4v) is 1.61. The number of carbonyl (C=O) groups excluding carboxylic acids is 1. The molecular formula is C14H25N5O. The second-order valence-electron chi connectivity index (χ2n) is 5.18. The molecule has 6 heteroatoms. The Morgan fingerprint density at radius 2 is 2.10 bits per heavy atom. The molecule has 20 heavy (non-hydrogen) atoms.